The van der Waals surface area contributed by atoms with Crippen LogP contribution in [0.15, 0.2) is 12.7 Å². The first-order valence-electron chi connectivity index (χ1n) is 6.51. The van der Waals surface area contributed by atoms with Gasteiger partial charge in [0.05, 0.1) is 0 Å². The highest BCUT2D eigenvalue weighted by Gasteiger charge is 2.37. The molecule has 2 aliphatic rings. The molecule has 0 atom stereocenters. The predicted molar refractivity (Wildman–Crippen MR) is 73.2 cm³/mol. The third kappa shape index (κ3) is 3.25. The molecule has 1 heterocycles. The summed E-state index contributed by atoms with van der Waals surface area (Å²) in [5.74, 6) is 2.35. The van der Waals surface area contributed by atoms with Gasteiger partial charge in [0.25, 0.3) is 0 Å². The van der Waals surface area contributed by atoms with Crippen LogP contribution in [0.3, 0.4) is 0 Å². The van der Waals surface area contributed by atoms with Crippen LogP contribution in [-0.4, -0.2) is 48.1 Å². The minimum atomic E-state index is 0.487. The smallest absolute Gasteiger partial charge is 0.0309 e. The maximum atomic E-state index is 3.76. The Balaban J connectivity index is 1.71. The van der Waals surface area contributed by atoms with Crippen LogP contribution in [0.25, 0.3) is 0 Å². The summed E-state index contributed by atoms with van der Waals surface area (Å²) in [7, 11) is 0. The Hall–Kier alpha value is 0.01000. The van der Waals surface area contributed by atoms with Gasteiger partial charge in [0.2, 0.25) is 0 Å². The fraction of sp³-hybridized carbons (Fsp3) is 0.846. The summed E-state index contributed by atoms with van der Waals surface area (Å²) in [4.78, 5) is 2.65. The lowest BCUT2D eigenvalue weighted by atomic mass is 9.95. The van der Waals surface area contributed by atoms with Gasteiger partial charge in [-0.15, -0.1) is 6.58 Å². The second-order valence-electron chi connectivity index (χ2n) is 5.05. The van der Waals surface area contributed by atoms with Gasteiger partial charge in [-0.3, -0.25) is 4.90 Å². The van der Waals surface area contributed by atoms with Gasteiger partial charge in [0.1, 0.15) is 0 Å². The molecule has 0 bridgehead atoms. The second kappa shape index (κ2) is 6.08. The summed E-state index contributed by atoms with van der Waals surface area (Å²) in [5.41, 5.74) is 0.487. The van der Waals surface area contributed by atoms with Crippen LogP contribution in [0.2, 0.25) is 0 Å². The third-order valence-corrected chi connectivity index (χ3v) is 4.75. The van der Waals surface area contributed by atoms with Crippen LogP contribution in [0, 0.1) is 0 Å². The monoisotopic (exact) mass is 240 g/mol. The van der Waals surface area contributed by atoms with E-state index in [0.29, 0.717) is 5.54 Å². The zero-order valence-corrected chi connectivity index (χ0v) is 11.0. The zero-order valence-electron chi connectivity index (χ0n) is 10.2. The van der Waals surface area contributed by atoms with E-state index in [1.807, 2.05) is 17.8 Å². The lowest BCUT2D eigenvalue weighted by Crippen LogP contribution is -2.59. The van der Waals surface area contributed by atoms with Gasteiger partial charge in [-0.25, -0.2) is 0 Å². The van der Waals surface area contributed by atoms with Crippen LogP contribution in [0.5, 0.6) is 0 Å². The average Bonchev–Trinajstić information content (AvgIpc) is 2.73. The topological polar surface area (TPSA) is 15.3 Å². The summed E-state index contributed by atoms with van der Waals surface area (Å²) in [5, 5.41) is 3.76. The fourth-order valence-electron chi connectivity index (χ4n) is 2.98. The van der Waals surface area contributed by atoms with Crippen molar-refractivity contribution in [1.29, 1.82) is 0 Å². The highest BCUT2D eigenvalue weighted by Crippen LogP contribution is 2.31. The number of hydrogen-bond acceptors (Lipinski definition) is 3. The molecular weight excluding hydrogens is 216 g/mol. The van der Waals surface area contributed by atoms with Crippen LogP contribution in [0.4, 0.5) is 0 Å². The van der Waals surface area contributed by atoms with E-state index in [0.717, 1.165) is 5.75 Å². The quantitative estimate of drug-likeness (QED) is 0.585. The molecule has 2 rings (SSSR count). The van der Waals surface area contributed by atoms with E-state index in [-0.39, 0.29) is 0 Å². The van der Waals surface area contributed by atoms with Crippen molar-refractivity contribution in [3.05, 3.63) is 12.7 Å². The Kier molecular flexibility index (Phi) is 4.74. The number of nitrogens with one attached hydrogen (secondary N) is 1. The predicted octanol–water partition coefficient (Wildman–Crippen LogP) is 2.12. The Morgan fingerprint density at radius 2 is 2.19 bits per heavy atom. The van der Waals surface area contributed by atoms with E-state index in [2.05, 4.69) is 16.8 Å². The molecule has 92 valence electrons. The zero-order chi connectivity index (χ0) is 11.3. The van der Waals surface area contributed by atoms with Crippen LogP contribution < -0.4 is 5.32 Å². The van der Waals surface area contributed by atoms with E-state index >= 15 is 0 Å². The first-order chi connectivity index (χ1) is 7.85. The number of nitrogens with zero attached hydrogens (tertiary/aromatic N) is 1. The molecule has 0 aromatic rings. The molecule has 3 heteroatoms. The largest absolute Gasteiger partial charge is 0.309 e. The summed E-state index contributed by atoms with van der Waals surface area (Å²) in [6, 6.07) is 0. The van der Waals surface area contributed by atoms with Crippen molar-refractivity contribution in [2.75, 3.05) is 37.7 Å². The molecule has 1 N–H and O–H groups in total. The second-order valence-corrected chi connectivity index (χ2v) is 6.20. The minimum absolute atomic E-state index is 0.487. The van der Waals surface area contributed by atoms with Crippen molar-refractivity contribution in [2.24, 2.45) is 0 Å². The minimum Gasteiger partial charge on any atom is -0.309 e. The van der Waals surface area contributed by atoms with E-state index in [1.165, 1.54) is 57.6 Å². The first-order valence-corrected chi connectivity index (χ1v) is 7.66. The Morgan fingerprint density at radius 3 is 2.94 bits per heavy atom. The van der Waals surface area contributed by atoms with E-state index in [9.17, 15) is 0 Å². The van der Waals surface area contributed by atoms with E-state index < -0.39 is 0 Å². The van der Waals surface area contributed by atoms with Crippen molar-refractivity contribution in [3.8, 4) is 0 Å². The van der Waals surface area contributed by atoms with Crippen molar-refractivity contribution < 1.29 is 0 Å². The maximum Gasteiger partial charge on any atom is 0.0309 e. The van der Waals surface area contributed by atoms with Gasteiger partial charge >= 0.3 is 0 Å². The molecule has 0 radical (unpaired) electrons. The van der Waals surface area contributed by atoms with Crippen molar-refractivity contribution >= 4 is 11.8 Å². The molecule has 1 saturated carbocycles. The molecule has 0 unspecified atom stereocenters. The first kappa shape index (κ1) is 12.5. The summed E-state index contributed by atoms with van der Waals surface area (Å²) >= 11 is 2.00. The van der Waals surface area contributed by atoms with Crippen LogP contribution >= 0.6 is 11.8 Å². The Morgan fingerprint density at radius 1 is 1.38 bits per heavy atom. The molecule has 1 aliphatic heterocycles. The fourth-order valence-corrected chi connectivity index (χ4v) is 3.70. The lowest BCUT2D eigenvalue weighted by Gasteiger charge is -2.41. The summed E-state index contributed by atoms with van der Waals surface area (Å²) in [6.45, 7) is 8.71. The van der Waals surface area contributed by atoms with Crippen LogP contribution in [-0.2, 0) is 0 Å². The molecule has 1 saturated heterocycles. The number of thioether (sulfide) groups is 1. The van der Waals surface area contributed by atoms with Crippen LogP contribution in [0.1, 0.15) is 25.7 Å². The molecule has 0 aromatic heterocycles. The molecule has 16 heavy (non-hydrogen) atoms. The maximum absolute atomic E-state index is 3.76. The molecule has 1 aliphatic carbocycles. The summed E-state index contributed by atoms with van der Waals surface area (Å²) < 4.78 is 0. The van der Waals surface area contributed by atoms with Crippen molar-refractivity contribution in [3.63, 3.8) is 0 Å². The molecule has 0 aromatic carbocycles. The third-order valence-electron chi connectivity index (χ3n) is 3.80. The van der Waals surface area contributed by atoms with Gasteiger partial charge in [-0.2, -0.15) is 11.8 Å². The molecule has 0 amide bonds. The highest BCUT2D eigenvalue weighted by atomic mass is 32.2. The normalized spacial score (nSPS) is 25.0. The average molecular weight is 240 g/mol. The van der Waals surface area contributed by atoms with Crippen molar-refractivity contribution in [2.45, 2.75) is 31.2 Å². The van der Waals surface area contributed by atoms with E-state index in [4.69, 9.17) is 0 Å². The van der Waals surface area contributed by atoms with Gasteiger partial charge in [0, 0.05) is 43.2 Å². The highest BCUT2D eigenvalue weighted by molar-refractivity contribution is 7.99. The van der Waals surface area contributed by atoms with E-state index in [1.54, 1.807) is 0 Å². The Bertz CT molecular complexity index is 224. The van der Waals surface area contributed by atoms with Crippen molar-refractivity contribution in [1.82, 2.24) is 10.2 Å². The Labute approximate surface area is 104 Å². The SMILES string of the molecule is C=CCSCCN1CCNC2(CCCC2)C1. The number of hydrogen-bond donors (Lipinski definition) is 1. The molecule has 2 nitrogen and oxygen atoms in total. The molecular formula is C13H24N2S. The summed E-state index contributed by atoms with van der Waals surface area (Å²) in [6.07, 6.45) is 7.63. The van der Waals surface area contributed by atoms with Gasteiger partial charge in [0.15, 0.2) is 0 Å². The lowest BCUT2D eigenvalue weighted by molar-refractivity contribution is 0.142. The van der Waals surface area contributed by atoms with Gasteiger partial charge < -0.3 is 5.32 Å². The standard InChI is InChI=1S/C13H24N2S/c1-2-10-16-11-9-15-8-7-14-13(12-15)5-3-4-6-13/h2,14H,1,3-12H2. The van der Waals surface area contributed by atoms with Gasteiger partial charge in [-0.05, 0) is 12.8 Å². The molecule has 1 spiro atoms. The number of piperazine rings is 1. The number of rotatable bonds is 5. The molecule has 2 fully saturated rings. The van der Waals surface area contributed by atoms with Gasteiger partial charge in [-0.1, -0.05) is 18.9 Å².